The molecule has 0 amide bonds. The molecule has 0 aliphatic carbocycles. The number of carboxylic acid groups (broad SMARTS) is 1. The normalized spacial score (nSPS) is 8.62. The number of carboxylic acids is 1. The molecular weight excluding hydrogens is 188 g/mol. The van der Waals surface area contributed by atoms with Crippen molar-refractivity contribution < 1.29 is 14.7 Å². The Morgan fingerprint density at radius 3 is 3.00 bits per heavy atom. The molecule has 66 valence electrons. The molecule has 4 heteroatoms. The number of rotatable bonds is 2. The van der Waals surface area contributed by atoms with E-state index in [4.69, 9.17) is 5.11 Å². The Morgan fingerprint density at radius 1 is 1.62 bits per heavy atom. The van der Waals surface area contributed by atoms with E-state index >= 15 is 0 Å². The van der Waals surface area contributed by atoms with Gasteiger partial charge >= 0.3 is 5.97 Å². The molecule has 1 heterocycles. The number of hydrogen-bond acceptors (Lipinski definition) is 3. The zero-order valence-corrected chi connectivity index (χ0v) is 7.43. The zero-order chi connectivity index (χ0) is 9.68. The first-order valence-corrected chi connectivity index (χ1v) is 4.42. The molecule has 3 nitrogen and oxygen atoms in total. The lowest BCUT2D eigenvalue weighted by Crippen LogP contribution is -1.95. The first-order chi connectivity index (χ1) is 6.25. The van der Waals surface area contributed by atoms with Crippen LogP contribution in [0.25, 0.3) is 0 Å². The van der Waals surface area contributed by atoms with Gasteiger partial charge in [-0.15, -0.1) is 0 Å². The van der Waals surface area contributed by atoms with Crippen molar-refractivity contribution in [1.82, 2.24) is 0 Å². The van der Waals surface area contributed by atoms with Crippen LogP contribution in [-0.2, 0) is 4.79 Å². The van der Waals surface area contributed by atoms with Crippen LogP contribution in [0.2, 0.25) is 0 Å². The standard InChI is InChI=1S/C9H6O3S/c10-4-2-1-3-7-5-13-6-8(7)9(11)12/h4-6H,2H2,(H,11,12). The van der Waals surface area contributed by atoms with Crippen molar-refractivity contribution in [2.75, 3.05) is 0 Å². The van der Waals surface area contributed by atoms with Gasteiger partial charge in [0.2, 0.25) is 0 Å². The number of thiophene rings is 1. The van der Waals surface area contributed by atoms with Gasteiger partial charge in [0.25, 0.3) is 0 Å². The lowest BCUT2D eigenvalue weighted by molar-refractivity contribution is -0.107. The summed E-state index contributed by atoms with van der Waals surface area (Å²) in [5, 5.41) is 11.9. The predicted octanol–water partition coefficient (Wildman–Crippen LogP) is 1.39. The van der Waals surface area contributed by atoms with Crippen molar-refractivity contribution >= 4 is 23.6 Å². The number of carbonyl (C=O) groups excluding carboxylic acids is 1. The van der Waals surface area contributed by atoms with Gasteiger partial charge in [-0.3, -0.25) is 0 Å². The topological polar surface area (TPSA) is 54.4 Å². The van der Waals surface area contributed by atoms with E-state index in [1.807, 2.05) is 0 Å². The minimum absolute atomic E-state index is 0.134. The number of aromatic carboxylic acids is 1. The monoisotopic (exact) mass is 194 g/mol. The lowest BCUT2D eigenvalue weighted by Gasteiger charge is -1.87. The second kappa shape index (κ2) is 4.43. The zero-order valence-electron chi connectivity index (χ0n) is 6.61. The van der Waals surface area contributed by atoms with Crippen LogP contribution in [0.5, 0.6) is 0 Å². The van der Waals surface area contributed by atoms with E-state index in [1.54, 1.807) is 5.38 Å². The molecule has 0 radical (unpaired) electrons. The molecule has 0 saturated carbocycles. The van der Waals surface area contributed by atoms with Gasteiger partial charge in [0, 0.05) is 16.3 Å². The second-order valence-corrected chi connectivity index (χ2v) is 2.92. The van der Waals surface area contributed by atoms with Gasteiger partial charge in [-0.05, 0) is 0 Å². The van der Waals surface area contributed by atoms with Crippen molar-refractivity contribution in [2.24, 2.45) is 0 Å². The van der Waals surface area contributed by atoms with E-state index in [1.165, 1.54) is 16.7 Å². The van der Waals surface area contributed by atoms with Gasteiger partial charge in [-0.25, -0.2) is 4.79 Å². The van der Waals surface area contributed by atoms with Gasteiger partial charge in [0.1, 0.15) is 6.29 Å². The molecule has 0 aliphatic heterocycles. The molecule has 1 aromatic heterocycles. The van der Waals surface area contributed by atoms with Crippen LogP contribution >= 0.6 is 11.3 Å². The van der Waals surface area contributed by atoms with E-state index in [9.17, 15) is 9.59 Å². The third kappa shape index (κ3) is 2.42. The van der Waals surface area contributed by atoms with Crippen LogP contribution in [-0.4, -0.2) is 17.4 Å². The lowest BCUT2D eigenvalue weighted by atomic mass is 10.2. The fourth-order valence-electron chi connectivity index (χ4n) is 0.747. The molecular formula is C9H6O3S. The van der Waals surface area contributed by atoms with Crippen molar-refractivity contribution in [3.8, 4) is 11.8 Å². The van der Waals surface area contributed by atoms with Crippen molar-refractivity contribution in [2.45, 2.75) is 6.42 Å². The molecule has 1 N–H and O–H groups in total. The van der Waals surface area contributed by atoms with Crippen LogP contribution in [0.15, 0.2) is 10.8 Å². The predicted molar refractivity (Wildman–Crippen MR) is 48.8 cm³/mol. The van der Waals surface area contributed by atoms with Crippen LogP contribution < -0.4 is 0 Å². The maximum Gasteiger partial charge on any atom is 0.337 e. The fraction of sp³-hybridized carbons (Fsp3) is 0.111. The Bertz CT molecular complexity index is 381. The third-order valence-corrected chi connectivity index (χ3v) is 2.04. The third-order valence-electron chi connectivity index (χ3n) is 1.30. The highest BCUT2D eigenvalue weighted by Gasteiger charge is 2.08. The maximum atomic E-state index is 10.6. The molecule has 0 unspecified atom stereocenters. The minimum Gasteiger partial charge on any atom is -0.478 e. The average molecular weight is 194 g/mol. The molecule has 0 atom stereocenters. The summed E-state index contributed by atoms with van der Waals surface area (Å²) >= 11 is 1.28. The molecule has 1 rings (SSSR count). The fourth-order valence-corrected chi connectivity index (χ4v) is 1.50. The minimum atomic E-state index is -0.989. The molecule has 0 saturated heterocycles. The largest absolute Gasteiger partial charge is 0.478 e. The Hall–Kier alpha value is -1.60. The highest BCUT2D eigenvalue weighted by molar-refractivity contribution is 7.08. The highest BCUT2D eigenvalue weighted by atomic mass is 32.1. The first-order valence-electron chi connectivity index (χ1n) is 3.47. The van der Waals surface area contributed by atoms with E-state index in [0.29, 0.717) is 11.8 Å². The summed E-state index contributed by atoms with van der Waals surface area (Å²) in [5.41, 5.74) is 0.669. The van der Waals surface area contributed by atoms with Crippen LogP contribution in [0.4, 0.5) is 0 Å². The molecule has 0 fully saturated rings. The van der Waals surface area contributed by atoms with Crippen molar-refractivity contribution in [3.63, 3.8) is 0 Å². The summed E-state index contributed by atoms with van der Waals surface area (Å²) in [7, 11) is 0. The molecule has 1 aromatic rings. The van der Waals surface area contributed by atoms with Gasteiger partial charge < -0.3 is 9.90 Å². The van der Waals surface area contributed by atoms with Gasteiger partial charge in [-0.2, -0.15) is 11.3 Å². The Kier molecular flexibility index (Phi) is 3.23. The van der Waals surface area contributed by atoms with Crippen LogP contribution in [0.1, 0.15) is 22.3 Å². The Morgan fingerprint density at radius 2 is 2.38 bits per heavy atom. The molecule has 0 spiro atoms. The summed E-state index contributed by atoms with van der Waals surface area (Å²) in [4.78, 5) is 20.5. The van der Waals surface area contributed by atoms with Crippen LogP contribution in [0.3, 0.4) is 0 Å². The SMILES string of the molecule is O=CCC#Cc1cscc1C(=O)O. The van der Waals surface area contributed by atoms with E-state index in [-0.39, 0.29) is 12.0 Å². The molecule has 0 bridgehead atoms. The second-order valence-electron chi connectivity index (χ2n) is 2.18. The maximum absolute atomic E-state index is 10.6. The molecule has 0 aliphatic rings. The first kappa shape index (κ1) is 9.49. The summed E-state index contributed by atoms with van der Waals surface area (Å²) in [5.74, 6) is 4.19. The van der Waals surface area contributed by atoms with Gasteiger partial charge in [-0.1, -0.05) is 11.8 Å². The van der Waals surface area contributed by atoms with Gasteiger partial charge in [0.05, 0.1) is 12.0 Å². The smallest absolute Gasteiger partial charge is 0.337 e. The molecule has 0 aromatic carbocycles. The van der Waals surface area contributed by atoms with Gasteiger partial charge in [0.15, 0.2) is 0 Å². The van der Waals surface area contributed by atoms with E-state index in [0.717, 1.165) is 0 Å². The quantitative estimate of drug-likeness (QED) is 0.571. The summed E-state index contributed by atoms with van der Waals surface area (Å²) in [6.07, 6.45) is 0.814. The highest BCUT2D eigenvalue weighted by Crippen LogP contribution is 2.13. The van der Waals surface area contributed by atoms with E-state index in [2.05, 4.69) is 11.8 Å². The number of aldehydes is 1. The Balaban J connectivity index is 2.90. The number of hydrogen-bond donors (Lipinski definition) is 1. The molecule has 13 heavy (non-hydrogen) atoms. The summed E-state index contributed by atoms with van der Waals surface area (Å²) in [6.45, 7) is 0. The summed E-state index contributed by atoms with van der Waals surface area (Å²) < 4.78 is 0. The average Bonchev–Trinajstić information content (AvgIpc) is 2.53. The number of carbonyl (C=O) groups is 2. The van der Waals surface area contributed by atoms with E-state index < -0.39 is 5.97 Å². The van der Waals surface area contributed by atoms with Crippen LogP contribution in [0, 0.1) is 11.8 Å². The van der Waals surface area contributed by atoms with Crippen molar-refractivity contribution in [1.29, 1.82) is 0 Å². The Labute approximate surface area is 79.0 Å². The summed E-state index contributed by atoms with van der Waals surface area (Å²) in [6, 6.07) is 0. The van der Waals surface area contributed by atoms with Crippen molar-refractivity contribution in [3.05, 3.63) is 21.9 Å².